The number of aromatic nitrogens is 1. The maximum atomic E-state index is 2.44. The van der Waals surface area contributed by atoms with Crippen molar-refractivity contribution in [3.8, 4) is 11.1 Å². The average molecular weight is 500 g/mol. The number of benzene rings is 5. The lowest BCUT2D eigenvalue weighted by atomic mass is 9.84. The fourth-order valence-electron chi connectivity index (χ4n) is 6.72. The predicted octanol–water partition coefficient (Wildman–Crippen LogP) is 10.7. The Morgan fingerprint density at radius 3 is 1.69 bits per heavy atom. The Kier molecular flexibility index (Phi) is 5.16. The SMILES string of the molecule is C1=CC(c2c3ccccc3c(-c3ccc4c(c3)c3ccccc3n4C3=CCCC=C3)c3ccccc23)=CCC1. The van der Waals surface area contributed by atoms with Gasteiger partial charge in [-0.15, -0.1) is 0 Å². The van der Waals surface area contributed by atoms with Gasteiger partial charge in [-0.05, 0) is 93.8 Å². The molecule has 186 valence electrons. The molecule has 0 amide bonds. The van der Waals surface area contributed by atoms with Gasteiger partial charge in [0, 0.05) is 16.5 Å². The number of allylic oxidation sites excluding steroid dienone is 8. The molecule has 1 aromatic heterocycles. The first-order valence-corrected chi connectivity index (χ1v) is 14.1. The van der Waals surface area contributed by atoms with Crippen molar-refractivity contribution in [2.45, 2.75) is 25.7 Å². The van der Waals surface area contributed by atoms with Crippen LogP contribution in [0, 0.1) is 0 Å². The van der Waals surface area contributed by atoms with E-state index in [9.17, 15) is 0 Å². The number of para-hydroxylation sites is 1. The standard InChI is InChI=1S/C38H29N/c1-3-13-26(14-4-1)37-30-18-7-9-20-32(30)38(33-21-10-8-19-31(33)37)27-23-24-36-34(25-27)29-17-11-12-22-35(29)39(36)28-15-5-2-6-16-28/h3,5,7-25H,1-2,4,6H2. The smallest absolute Gasteiger partial charge is 0.0541 e. The van der Waals surface area contributed by atoms with Gasteiger partial charge in [0.1, 0.15) is 0 Å². The van der Waals surface area contributed by atoms with Gasteiger partial charge >= 0.3 is 0 Å². The van der Waals surface area contributed by atoms with Gasteiger partial charge < -0.3 is 4.57 Å². The van der Waals surface area contributed by atoms with Crippen LogP contribution in [-0.2, 0) is 0 Å². The van der Waals surface area contributed by atoms with Gasteiger partial charge in [0.05, 0.1) is 11.0 Å². The summed E-state index contributed by atoms with van der Waals surface area (Å²) in [5.41, 5.74) is 9.09. The molecule has 6 aromatic rings. The summed E-state index contributed by atoms with van der Waals surface area (Å²) in [6.45, 7) is 0. The van der Waals surface area contributed by atoms with Gasteiger partial charge in [0.2, 0.25) is 0 Å². The van der Waals surface area contributed by atoms with Gasteiger partial charge in [-0.2, -0.15) is 0 Å². The minimum absolute atomic E-state index is 1.09. The quantitative estimate of drug-likeness (QED) is 0.213. The summed E-state index contributed by atoms with van der Waals surface area (Å²) in [7, 11) is 0. The Morgan fingerprint density at radius 2 is 1.05 bits per heavy atom. The Bertz CT molecular complexity index is 2000. The molecule has 5 aromatic carbocycles. The van der Waals surface area contributed by atoms with E-state index in [1.54, 1.807) is 0 Å². The summed E-state index contributed by atoms with van der Waals surface area (Å²) in [5, 5.41) is 7.88. The summed E-state index contributed by atoms with van der Waals surface area (Å²) >= 11 is 0. The molecule has 8 rings (SSSR count). The maximum Gasteiger partial charge on any atom is 0.0541 e. The highest BCUT2D eigenvalue weighted by atomic mass is 15.0. The molecule has 0 spiro atoms. The molecule has 0 N–H and O–H groups in total. The van der Waals surface area contributed by atoms with E-state index in [0.717, 1.165) is 25.7 Å². The first kappa shape index (κ1) is 22.4. The van der Waals surface area contributed by atoms with Crippen LogP contribution in [0.5, 0.6) is 0 Å². The van der Waals surface area contributed by atoms with Crippen LogP contribution in [0.25, 0.3) is 65.7 Å². The fraction of sp³-hybridized carbons (Fsp3) is 0.105. The molecule has 2 aliphatic carbocycles. The van der Waals surface area contributed by atoms with Gasteiger partial charge in [-0.3, -0.25) is 0 Å². The van der Waals surface area contributed by atoms with Crippen molar-refractivity contribution in [1.29, 1.82) is 0 Å². The Labute approximate surface area is 228 Å². The van der Waals surface area contributed by atoms with E-state index in [1.807, 2.05) is 0 Å². The van der Waals surface area contributed by atoms with Crippen molar-refractivity contribution in [3.63, 3.8) is 0 Å². The van der Waals surface area contributed by atoms with Crippen molar-refractivity contribution >= 4 is 54.6 Å². The Hall–Kier alpha value is -4.62. The second-order valence-electron chi connectivity index (χ2n) is 10.7. The van der Waals surface area contributed by atoms with Crippen LogP contribution >= 0.6 is 0 Å². The molecule has 0 atom stereocenters. The second-order valence-corrected chi connectivity index (χ2v) is 10.7. The molecule has 0 unspecified atom stereocenters. The molecule has 1 nitrogen and oxygen atoms in total. The normalized spacial score (nSPS) is 15.4. The van der Waals surface area contributed by atoms with Gasteiger partial charge in [0.25, 0.3) is 0 Å². The van der Waals surface area contributed by atoms with Crippen LogP contribution in [0.2, 0.25) is 0 Å². The van der Waals surface area contributed by atoms with Gasteiger partial charge in [0.15, 0.2) is 0 Å². The highest BCUT2D eigenvalue weighted by Gasteiger charge is 2.19. The van der Waals surface area contributed by atoms with Crippen molar-refractivity contribution in [2.75, 3.05) is 0 Å². The minimum Gasteiger partial charge on any atom is -0.310 e. The van der Waals surface area contributed by atoms with Gasteiger partial charge in [-0.25, -0.2) is 0 Å². The summed E-state index contributed by atoms with van der Waals surface area (Å²) < 4.78 is 2.44. The van der Waals surface area contributed by atoms with Crippen molar-refractivity contribution < 1.29 is 0 Å². The Balaban J connectivity index is 1.46. The molecule has 0 saturated carbocycles. The average Bonchev–Trinajstić information content (AvgIpc) is 3.34. The van der Waals surface area contributed by atoms with Crippen LogP contribution in [0.3, 0.4) is 0 Å². The van der Waals surface area contributed by atoms with Crippen LogP contribution < -0.4 is 0 Å². The summed E-state index contributed by atoms with van der Waals surface area (Å²) in [6, 6.07) is 33.9. The lowest BCUT2D eigenvalue weighted by Gasteiger charge is -2.19. The molecule has 0 radical (unpaired) electrons. The monoisotopic (exact) mass is 499 g/mol. The van der Waals surface area contributed by atoms with Crippen LogP contribution in [0.15, 0.2) is 127 Å². The molecule has 39 heavy (non-hydrogen) atoms. The second kappa shape index (κ2) is 8.99. The molecule has 0 aliphatic heterocycles. The minimum atomic E-state index is 1.09. The third-order valence-corrected chi connectivity index (χ3v) is 8.41. The zero-order valence-corrected chi connectivity index (χ0v) is 21.9. The van der Waals surface area contributed by atoms with Gasteiger partial charge in [-0.1, -0.05) is 103 Å². The number of fused-ring (bicyclic) bond motifs is 5. The van der Waals surface area contributed by atoms with E-state index < -0.39 is 0 Å². The van der Waals surface area contributed by atoms with Crippen LogP contribution in [0.1, 0.15) is 31.2 Å². The summed E-state index contributed by atoms with van der Waals surface area (Å²) in [5.74, 6) is 0. The topological polar surface area (TPSA) is 4.93 Å². The third kappa shape index (κ3) is 3.47. The molecular weight excluding hydrogens is 470 g/mol. The van der Waals surface area contributed by atoms with Crippen molar-refractivity contribution in [3.05, 3.63) is 133 Å². The number of nitrogens with zero attached hydrogens (tertiary/aromatic N) is 1. The number of hydrogen-bond donors (Lipinski definition) is 0. The zero-order valence-electron chi connectivity index (χ0n) is 21.9. The van der Waals surface area contributed by atoms with Crippen LogP contribution in [0.4, 0.5) is 0 Å². The van der Waals surface area contributed by atoms with Crippen LogP contribution in [-0.4, -0.2) is 4.57 Å². The summed E-state index contributed by atoms with van der Waals surface area (Å²) in [6.07, 6.45) is 18.4. The van der Waals surface area contributed by atoms with E-state index in [-0.39, 0.29) is 0 Å². The van der Waals surface area contributed by atoms with Crippen molar-refractivity contribution in [1.82, 2.24) is 4.57 Å². The largest absolute Gasteiger partial charge is 0.310 e. The molecule has 1 heteroatoms. The third-order valence-electron chi connectivity index (χ3n) is 8.41. The molecule has 0 bridgehead atoms. The molecule has 2 aliphatic rings. The summed E-state index contributed by atoms with van der Waals surface area (Å²) in [4.78, 5) is 0. The fourth-order valence-corrected chi connectivity index (χ4v) is 6.72. The van der Waals surface area contributed by atoms with E-state index in [4.69, 9.17) is 0 Å². The number of hydrogen-bond acceptors (Lipinski definition) is 0. The van der Waals surface area contributed by atoms with E-state index >= 15 is 0 Å². The van der Waals surface area contributed by atoms with E-state index in [1.165, 1.54) is 71.3 Å². The molecule has 0 saturated heterocycles. The molecular formula is C38H29N. The van der Waals surface area contributed by atoms with E-state index in [2.05, 4.69) is 132 Å². The first-order chi connectivity index (χ1) is 19.4. The lowest BCUT2D eigenvalue weighted by molar-refractivity contribution is 1.02. The maximum absolute atomic E-state index is 2.44. The Morgan fingerprint density at radius 1 is 0.462 bits per heavy atom. The zero-order chi connectivity index (χ0) is 25.8. The van der Waals surface area contributed by atoms with E-state index in [0.29, 0.717) is 0 Å². The highest BCUT2D eigenvalue weighted by Crippen LogP contribution is 2.44. The lowest BCUT2D eigenvalue weighted by Crippen LogP contribution is -1.97. The first-order valence-electron chi connectivity index (χ1n) is 14.1. The van der Waals surface area contributed by atoms with Crippen molar-refractivity contribution in [2.24, 2.45) is 0 Å². The molecule has 0 fully saturated rings. The highest BCUT2D eigenvalue weighted by molar-refractivity contribution is 6.21. The molecule has 1 heterocycles. The number of rotatable bonds is 3. The predicted molar refractivity (Wildman–Crippen MR) is 169 cm³/mol.